The highest BCUT2D eigenvalue weighted by Crippen LogP contribution is 2.25. The Kier molecular flexibility index (Phi) is 6.59. The van der Waals surface area contributed by atoms with Gasteiger partial charge in [0.1, 0.15) is 18.1 Å². The Bertz CT molecular complexity index is 1300. The summed E-state index contributed by atoms with van der Waals surface area (Å²) in [6.07, 6.45) is 1.43. The number of ether oxygens (including phenoxy) is 1. The van der Waals surface area contributed by atoms with Crippen LogP contribution in [0.1, 0.15) is 21.5 Å². The van der Waals surface area contributed by atoms with Gasteiger partial charge in [0.15, 0.2) is 0 Å². The van der Waals surface area contributed by atoms with E-state index >= 15 is 0 Å². The number of nitrogens with one attached hydrogen (secondary N) is 1. The molecule has 0 unspecified atom stereocenters. The van der Waals surface area contributed by atoms with Crippen molar-refractivity contribution in [2.45, 2.75) is 6.61 Å². The molecule has 0 spiro atoms. The van der Waals surface area contributed by atoms with Gasteiger partial charge in [-0.05, 0) is 53.2 Å². The second-order valence-corrected chi connectivity index (χ2v) is 7.81. The molecule has 0 saturated heterocycles. The molecule has 32 heavy (non-hydrogen) atoms. The van der Waals surface area contributed by atoms with Gasteiger partial charge in [-0.25, -0.2) is 5.43 Å². The Balaban J connectivity index is 1.39. The third kappa shape index (κ3) is 5.02. The van der Waals surface area contributed by atoms with Gasteiger partial charge in [-0.2, -0.15) is 5.10 Å². The molecule has 7 heteroatoms. The molecule has 160 valence electrons. The Morgan fingerprint density at radius 3 is 2.56 bits per heavy atom. The largest absolute Gasteiger partial charge is 0.507 e. The van der Waals surface area contributed by atoms with Crippen molar-refractivity contribution in [1.29, 1.82) is 0 Å². The number of amides is 1. The molecule has 4 rings (SSSR count). The van der Waals surface area contributed by atoms with E-state index < -0.39 is 0 Å². The predicted octanol–water partition coefficient (Wildman–Crippen LogP) is 6.20. The fourth-order valence-corrected chi connectivity index (χ4v) is 3.61. The molecule has 4 aromatic carbocycles. The Hall–Kier alpha value is -3.54. The van der Waals surface area contributed by atoms with Crippen LogP contribution >= 0.6 is 23.2 Å². The van der Waals surface area contributed by atoms with Gasteiger partial charge in [-0.3, -0.25) is 4.79 Å². The number of benzene rings is 4. The number of phenolic OH excluding ortho intramolecular Hbond substituents is 1. The third-order valence-electron chi connectivity index (χ3n) is 4.83. The minimum Gasteiger partial charge on any atom is -0.507 e. The lowest BCUT2D eigenvalue weighted by Crippen LogP contribution is -2.17. The molecule has 1 amide bonds. The van der Waals surface area contributed by atoms with Crippen LogP contribution in [0.4, 0.5) is 0 Å². The van der Waals surface area contributed by atoms with Gasteiger partial charge in [0.05, 0.1) is 6.21 Å². The Morgan fingerprint density at radius 2 is 1.78 bits per heavy atom. The summed E-state index contributed by atoms with van der Waals surface area (Å²) in [7, 11) is 0. The summed E-state index contributed by atoms with van der Waals surface area (Å²) in [5.74, 6) is 0.300. The minimum atomic E-state index is -0.381. The number of carbonyl (C=O) groups is 1. The monoisotopic (exact) mass is 464 g/mol. The van der Waals surface area contributed by atoms with Crippen molar-refractivity contribution in [1.82, 2.24) is 5.43 Å². The highest BCUT2D eigenvalue weighted by atomic mass is 35.5. The lowest BCUT2D eigenvalue weighted by Gasteiger charge is -2.09. The van der Waals surface area contributed by atoms with Crippen molar-refractivity contribution in [2.24, 2.45) is 5.10 Å². The number of fused-ring (bicyclic) bond motifs is 1. The van der Waals surface area contributed by atoms with Crippen LogP contribution in [0.2, 0.25) is 10.0 Å². The number of halogens is 2. The summed E-state index contributed by atoms with van der Waals surface area (Å²) in [6, 6.07) is 22.9. The zero-order chi connectivity index (χ0) is 22.5. The van der Waals surface area contributed by atoms with Gasteiger partial charge in [-0.15, -0.1) is 0 Å². The highest BCUT2D eigenvalue weighted by Gasteiger charge is 2.08. The SMILES string of the molecule is O=C(N/N=C\c1c(O)ccc2ccccc12)c1ccc(OCc2ccc(Cl)cc2Cl)cc1. The molecular weight excluding hydrogens is 447 g/mol. The average Bonchev–Trinajstić information content (AvgIpc) is 2.80. The molecule has 0 bridgehead atoms. The number of hydrogen-bond donors (Lipinski definition) is 2. The summed E-state index contributed by atoms with van der Waals surface area (Å²) in [6.45, 7) is 0.278. The molecule has 4 aromatic rings. The fraction of sp³-hybridized carbons (Fsp3) is 0.0400. The van der Waals surface area contributed by atoms with Gasteiger partial charge in [-0.1, -0.05) is 59.6 Å². The summed E-state index contributed by atoms with van der Waals surface area (Å²) >= 11 is 12.1. The van der Waals surface area contributed by atoms with E-state index in [0.29, 0.717) is 26.9 Å². The van der Waals surface area contributed by atoms with Crippen LogP contribution in [0.15, 0.2) is 84.0 Å². The maximum Gasteiger partial charge on any atom is 0.271 e. The first-order valence-electron chi connectivity index (χ1n) is 9.72. The second kappa shape index (κ2) is 9.73. The second-order valence-electron chi connectivity index (χ2n) is 6.97. The molecule has 5 nitrogen and oxygen atoms in total. The third-order valence-corrected chi connectivity index (χ3v) is 5.42. The van der Waals surface area contributed by atoms with Crippen LogP contribution in [0, 0.1) is 0 Å². The minimum absolute atomic E-state index is 0.0870. The first-order valence-corrected chi connectivity index (χ1v) is 10.5. The zero-order valence-corrected chi connectivity index (χ0v) is 18.3. The van der Waals surface area contributed by atoms with Gasteiger partial charge in [0.25, 0.3) is 5.91 Å². The van der Waals surface area contributed by atoms with E-state index in [-0.39, 0.29) is 18.3 Å². The van der Waals surface area contributed by atoms with E-state index in [1.807, 2.05) is 30.3 Å². The maximum absolute atomic E-state index is 12.4. The van der Waals surface area contributed by atoms with E-state index in [2.05, 4.69) is 10.5 Å². The zero-order valence-electron chi connectivity index (χ0n) is 16.8. The lowest BCUT2D eigenvalue weighted by molar-refractivity contribution is 0.0955. The van der Waals surface area contributed by atoms with Crippen molar-refractivity contribution >= 4 is 46.1 Å². The quantitative estimate of drug-likeness (QED) is 0.263. The Morgan fingerprint density at radius 1 is 1.00 bits per heavy atom. The topological polar surface area (TPSA) is 70.9 Å². The van der Waals surface area contributed by atoms with Crippen LogP contribution in [0.25, 0.3) is 10.8 Å². The van der Waals surface area contributed by atoms with Crippen LogP contribution in [-0.2, 0) is 6.61 Å². The number of rotatable bonds is 6. The maximum atomic E-state index is 12.4. The van der Waals surface area contributed by atoms with E-state index in [0.717, 1.165) is 16.3 Å². The molecule has 0 atom stereocenters. The Labute approximate surface area is 194 Å². The molecule has 2 N–H and O–H groups in total. The number of aromatic hydroxyl groups is 1. The first-order chi connectivity index (χ1) is 15.5. The number of nitrogens with zero attached hydrogens (tertiary/aromatic N) is 1. The van der Waals surface area contributed by atoms with E-state index in [1.165, 1.54) is 6.21 Å². The van der Waals surface area contributed by atoms with Crippen molar-refractivity contribution in [3.63, 3.8) is 0 Å². The molecule has 0 heterocycles. The molecule has 0 saturated carbocycles. The van der Waals surface area contributed by atoms with Crippen LogP contribution in [0.5, 0.6) is 11.5 Å². The van der Waals surface area contributed by atoms with Crippen molar-refractivity contribution in [3.05, 3.63) is 106 Å². The standard InChI is InChI=1S/C25H18Cl2N2O3/c26-19-9-5-18(23(27)13-19)15-32-20-10-6-17(7-11-20)25(31)29-28-14-22-21-4-2-1-3-16(21)8-12-24(22)30/h1-14,30H,15H2,(H,29,31)/b28-14-. The summed E-state index contributed by atoms with van der Waals surface area (Å²) in [5.41, 5.74) is 4.24. The normalized spacial score (nSPS) is 11.1. The first kappa shape index (κ1) is 21.7. The fourth-order valence-electron chi connectivity index (χ4n) is 3.14. The van der Waals surface area contributed by atoms with Gasteiger partial charge in [0, 0.05) is 26.7 Å². The smallest absolute Gasteiger partial charge is 0.271 e. The molecule has 0 radical (unpaired) electrons. The van der Waals surface area contributed by atoms with Crippen LogP contribution < -0.4 is 10.2 Å². The highest BCUT2D eigenvalue weighted by molar-refractivity contribution is 6.35. The van der Waals surface area contributed by atoms with Gasteiger partial charge < -0.3 is 9.84 Å². The van der Waals surface area contributed by atoms with E-state index in [4.69, 9.17) is 27.9 Å². The molecule has 0 aromatic heterocycles. The molecule has 0 aliphatic carbocycles. The van der Waals surface area contributed by atoms with Gasteiger partial charge >= 0.3 is 0 Å². The van der Waals surface area contributed by atoms with Crippen molar-refractivity contribution in [3.8, 4) is 11.5 Å². The summed E-state index contributed by atoms with van der Waals surface area (Å²) in [5, 5.41) is 17.1. The summed E-state index contributed by atoms with van der Waals surface area (Å²) in [4.78, 5) is 12.4. The van der Waals surface area contributed by atoms with Crippen molar-refractivity contribution < 1.29 is 14.6 Å². The molecule has 0 fully saturated rings. The van der Waals surface area contributed by atoms with Gasteiger partial charge in [0.2, 0.25) is 0 Å². The van der Waals surface area contributed by atoms with Crippen molar-refractivity contribution in [2.75, 3.05) is 0 Å². The summed E-state index contributed by atoms with van der Waals surface area (Å²) < 4.78 is 5.72. The number of hydrogen-bond acceptors (Lipinski definition) is 4. The lowest BCUT2D eigenvalue weighted by atomic mass is 10.0. The molecule has 0 aliphatic heterocycles. The number of phenols is 1. The number of hydrazone groups is 1. The van der Waals surface area contributed by atoms with Crippen LogP contribution in [0.3, 0.4) is 0 Å². The molecule has 0 aliphatic rings. The van der Waals surface area contributed by atoms with E-state index in [9.17, 15) is 9.90 Å². The average molecular weight is 465 g/mol. The van der Waals surface area contributed by atoms with Crippen LogP contribution in [-0.4, -0.2) is 17.2 Å². The van der Waals surface area contributed by atoms with E-state index in [1.54, 1.807) is 48.5 Å². The number of carbonyl (C=O) groups excluding carboxylic acids is 1. The molecular formula is C25H18Cl2N2O3. The predicted molar refractivity (Wildman–Crippen MR) is 128 cm³/mol.